The minimum absolute atomic E-state index is 0.0388. The van der Waals surface area contributed by atoms with Crippen LogP contribution in [-0.4, -0.2) is 42.9 Å². The molecule has 3 heterocycles. The maximum atomic E-state index is 12.6. The molecule has 0 aliphatic carbocycles. The van der Waals surface area contributed by atoms with Crippen molar-refractivity contribution in [3.8, 4) is 0 Å². The second-order valence-corrected chi connectivity index (χ2v) is 8.93. The number of sulfone groups is 1. The number of nitrogens with zero attached hydrogens (tertiary/aromatic N) is 2. The zero-order valence-corrected chi connectivity index (χ0v) is 15.2. The first-order valence-electron chi connectivity index (χ1n) is 8.93. The summed E-state index contributed by atoms with van der Waals surface area (Å²) in [5.74, 6) is -0.233. The SMILES string of the molecule is O=C(NC1CCS(=O)(=O)c2ccccc21)c1ccn(C2CCCNC2)n1. The van der Waals surface area contributed by atoms with E-state index in [4.69, 9.17) is 0 Å². The summed E-state index contributed by atoms with van der Waals surface area (Å²) in [6.07, 6.45) is 4.35. The van der Waals surface area contributed by atoms with Crippen LogP contribution in [0.1, 0.15) is 47.4 Å². The molecule has 1 aromatic carbocycles. The van der Waals surface area contributed by atoms with Crippen molar-refractivity contribution >= 4 is 15.7 Å². The van der Waals surface area contributed by atoms with Crippen LogP contribution < -0.4 is 10.6 Å². The Hall–Kier alpha value is -2.19. The fourth-order valence-electron chi connectivity index (χ4n) is 3.69. The third kappa shape index (κ3) is 3.26. The minimum atomic E-state index is -3.26. The standard InChI is InChI=1S/C18H22N4O3S/c23-18(16-7-10-22(21-16)13-4-3-9-19-12-13)20-15-8-11-26(24,25)17-6-2-1-5-14(15)17/h1-2,5-7,10,13,15,19H,3-4,8-9,11-12H2,(H,20,23). The summed E-state index contributed by atoms with van der Waals surface area (Å²) in [6.45, 7) is 1.88. The highest BCUT2D eigenvalue weighted by Gasteiger charge is 2.31. The molecule has 0 bridgehead atoms. The van der Waals surface area contributed by atoms with Gasteiger partial charge in [-0.05, 0) is 43.5 Å². The zero-order chi connectivity index (χ0) is 18.1. The molecule has 2 unspecified atom stereocenters. The van der Waals surface area contributed by atoms with E-state index in [9.17, 15) is 13.2 Å². The van der Waals surface area contributed by atoms with Crippen molar-refractivity contribution in [1.82, 2.24) is 20.4 Å². The third-order valence-corrected chi connectivity index (χ3v) is 6.91. The Kier molecular flexibility index (Phi) is 4.54. The Morgan fingerprint density at radius 2 is 2.08 bits per heavy atom. The fourth-order valence-corrected chi connectivity index (χ4v) is 5.32. The number of aromatic nitrogens is 2. The molecule has 1 amide bonds. The van der Waals surface area contributed by atoms with Crippen molar-refractivity contribution in [2.45, 2.75) is 36.2 Å². The van der Waals surface area contributed by atoms with Crippen molar-refractivity contribution in [2.75, 3.05) is 18.8 Å². The zero-order valence-electron chi connectivity index (χ0n) is 14.4. The molecule has 1 fully saturated rings. The Bertz CT molecular complexity index is 916. The monoisotopic (exact) mass is 374 g/mol. The highest BCUT2D eigenvalue weighted by Crippen LogP contribution is 2.32. The number of benzene rings is 1. The molecule has 8 heteroatoms. The largest absolute Gasteiger partial charge is 0.344 e. The molecule has 2 aliphatic rings. The second-order valence-electron chi connectivity index (χ2n) is 6.85. The van der Waals surface area contributed by atoms with E-state index in [-0.39, 0.29) is 23.7 Å². The molecule has 0 saturated carbocycles. The molecular formula is C18H22N4O3S. The van der Waals surface area contributed by atoms with Gasteiger partial charge in [-0.3, -0.25) is 9.48 Å². The van der Waals surface area contributed by atoms with Crippen molar-refractivity contribution in [3.63, 3.8) is 0 Å². The first-order valence-corrected chi connectivity index (χ1v) is 10.6. The number of hydrogen-bond acceptors (Lipinski definition) is 5. The molecule has 138 valence electrons. The van der Waals surface area contributed by atoms with Crippen LogP contribution in [0.15, 0.2) is 41.4 Å². The van der Waals surface area contributed by atoms with Crippen molar-refractivity contribution in [1.29, 1.82) is 0 Å². The molecule has 0 spiro atoms. The maximum Gasteiger partial charge on any atom is 0.272 e. The molecule has 2 aliphatic heterocycles. The summed E-state index contributed by atoms with van der Waals surface area (Å²) in [7, 11) is -3.26. The molecule has 1 aromatic heterocycles. The predicted octanol–water partition coefficient (Wildman–Crippen LogP) is 1.46. The highest BCUT2D eigenvalue weighted by molar-refractivity contribution is 7.91. The van der Waals surface area contributed by atoms with Gasteiger partial charge in [0.25, 0.3) is 5.91 Å². The molecular weight excluding hydrogens is 352 g/mol. The van der Waals surface area contributed by atoms with E-state index in [2.05, 4.69) is 15.7 Å². The van der Waals surface area contributed by atoms with Gasteiger partial charge < -0.3 is 10.6 Å². The van der Waals surface area contributed by atoms with E-state index in [0.717, 1.165) is 25.9 Å². The van der Waals surface area contributed by atoms with Gasteiger partial charge in [-0.15, -0.1) is 0 Å². The predicted molar refractivity (Wildman–Crippen MR) is 96.7 cm³/mol. The fraction of sp³-hybridized carbons (Fsp3) is 0.444. The third-order valence-electron chi connectivity index (χ3n) is 5.10. The van der Waals surface area contributed by atoms with Crippen molar-refractivity contribution in [3.05, 3.63) is 47.8 Å². The van der Waals surface area contributed by atoms with Gasteiger partial charge in [0, 0.05) is 12.7 Å². The van der Waals surface area contributed by atoms with E-state index < -0.39 is 9.84 Å². The number of piperidine rings is 1. The maximum absolute atomic E-state index is 12.6. The summed E-state index contributed by atoms with van der Waals surface area (Å²) < 4.78 is 26.3. The average Bonchev–Trinajstić information content (AvgIpc) is 3.15. The van der Waals surface area contributed by atoms with Gasteiger partial charge in [0.05, 0.1) is 22.7 Å². The van der Waals surface area contributed by atoms with E-state index >= 15 is 0 Å². The van der Waals surface area contributed by atoms with Gasteiger partial charge in [-0.2, -0.15) is 5.10 Å². The lowest BCUT2D eigenvalue weighted by molar-refractivity contribution is 0.0928. The van der Waals surface area contributed by atoms with Crippen molar-refractivity contribution < 1.29 is 13.2 Å². The average molecular weight is 374 g/mol. The normalized spacial score (nSPS) is 24.6. The Labute approximate surface area is 152 Å². The minimum Gasteiger partial charge on any atom is -0.344 e. The van der Waals surface area contributed by atoms with Gasteiger partial charge in [0.2, 0.25) is 0 Å². The number of fused-ring (bicyclic) bond motifs is 1. The van der Waals surface area contributed by atoms with Crippen LogP contribution in [0.4, 0.5) is 0 Å². The van der Waals surface area contributed by atoms with Crippen LogP contribution >= 0.6 is 0 Å². The first-order chi connectivity index (χ1) is 12.5. The topological polar surface area (TPSA) is 93.1 Å². The van der Waals surface area contributed by atoms with E-state index in [1.807, 2.05) is 10.9 Å². The van der Waals surface area contributed by atoms with Gasteiger partial charge in [0.15, 0.2) is 9.84 Å². The van der Waals surface area contributed by atoms with Crippen molar-refractivity contribution in [2.24, 2.45) is 0 Å². The van der Waals surface area contributed by atoms with E-state index in [0.29, 0.717) is 22.6 Å². The number of nitrogens with one attached hydrogen (secondary N) is 2. The smallest absolute Gasteiger partial charge is 0.272 e. The van der Waals surface area contributed by atoms with Gasteiger partial charge in [-0.1, -0.05) is 18.2 Å². The Morgan fingerprint density at radius 1 is 1.23 bits per heavy atom. The van der Waals surface area contributed by atoms with Gasteiger partial charge >= 0.3 is 0 Å². The second kappa shape index (κ2) is 6.85. The highest BCUT2D eigenvalue weighted by atomic mass is 32.2. The molecule has 7 nitrogen and oxygen atoms in total. The Morgan fingerprint density at radius 3 is 2.88 bits per heavy atom. The molecule has 1 saturated heterocycles. The molecule has 0 radical (unpaired) electrons. The molecule has 4 rings (SSSR count). The number of amides is 1. The summed E-state index contributed by atoms with van der Waals surface area (Å²) in [5, 5.41) is 10.7. The summed E-state index contributed by atoms with van der Waals surface area (Å²) in [4.78, 5) is 12.9. The molecule has 2 aromatic rings. The lowest BCUT2D eigenvalue weighted by atomic mass is 10.0. The van der Waals surface area contributed by atoms with Crippen LogP contribution in [0.5, 0.6) is 0 Å². The molecule has 26 heavy (non-hydrogen) atoms. The quantitative estimate of drug-likeness (QED) is 0.848. The number of hydrogen-bond donors (Lipinski definition) is 2. The molecule has 2 atom stereocenters. The summed E-state index contributed by atoms with van der Waals surface area (Å²) >= 11 is 0. The van der Waals surface area contributed by atoms with E-state index in [1.165, 1.54) is 0 Å². The van der Waals surface area contributed by atoms with E-state index in [1.54, 1.807) is 30.3 Å². The Balaban J connectivity index is 1.51. The number of carbonyl (C=O) groups is 1. The summed E-state index contributed by atoms with van der Waals surface area (Å²) in [5.41, 5.74) is 1.02. The first kappa shape index (κ1) is 17.2. The lowest BCUT2D eigenvalue weighted by Crippen LogP contribution is -2.34. The number of carbonyl (C=O) groups excluding carboxylic acids is 1. The lowest BCUT2D eigenvalue weighted by Gasteiger charge is -2.26. The van der Waals surface area contributed by atoms with Crippen LogP contribution in [0.3, 0.4) is 0 Å². The summed E-state index contributed by atoms with van der Waals surface area (Å²) in [6, 6.07) is 8.55. The van der Waals surface area contributed by atoms with Crippen LogP contribution in [0.2, 0.25) is 0 Å². The van der Waals surface area contributed by atoms with Gasteiger partial charge in [0.1, 0.15) is 5.69 Å². The van der Waals surface area contributed by atoms with Crippen LogP contribution in [0.25, 0.3) is 0 Å². The molecule has 2 N–H and O–H groups in total. The van der Waals surface area contributed by atoms with Crippen LogP contribution in [0, 0.1) is 0 Å². The van der Waals surface area contributed by atoms with Gasteiger partial charge in [-0.25, -0.2) is 8.42 Å². The number of rotatable bonds is 3. The van der Waals surface area contributed by atoms with Crippen LogP contribution in [-0.2, 0) is 9.84 Å².